The zero-order chi connectivity index (χ0) is 19.8. The minimum atomic E-state index is -0.217. The van der Waals surface area contributed by atoms with E-state index in [4.69, 9.17) is 0 Å². The SMILES string of the molecule is CN=C(NCCCn1nc(C)cc1C)NCC(c1cccc(F)c1)N(C)C.I. The molecule has 0 bridgehead atoms. The summed E-state index contributed by atoms with van der Waals surface area (Å²) in [7, 11) is 5.73. The van der Waals surface area contributed by atoms with Crippen LogP contribution >= 0.6 is 24.0 Å². The van der Waals surface area contributed by atoms with E-state index in [1.165, 1.54) is 11.8 Å². The molecule has 0 fully saturated rings. The van der Waals surface area contributed by atoms with Crippen LogP contribution in [0.25, 0.3) is 0 Å². The van der Waals surface area contributed by atoms with Crippen molar-refractivity contribution in [2.45, 2.75) is 32.9 Å². The van der Waals surface area contributed by atoms with Gasteiger partial charge in [0, 0.05) is 32.4 Å². The van der Waals surface area contributed by atoms with Crippen molar-refractivity contribution in [3.63, 3.8) is 0 Å². The summed E-state index contributed by atoms with van der Waals surface area (Å²) < 4.78 is 15.6. The molecule has 0 saturated heterocycles. The maximum absolute atomic E-state index is 13.5. The van der Waals surface area contributed by atoms with E-state index in [9.17, 15) is 4.39 Å². The van der Waals surface area contributed by atoms with Crippen molar-refractivity contribution in [1.29, 1.82) is 0 Å². The third-order valence-electron chi connectivity index (χ3n) is 4.49. The molecular weight excluding hydrogens is 470 g/mol. The predicted molar refractivity (Wildman–Crippen MR) is 124 cm³/mol. The van der Waals surface area contributed by atoms with E-state index in [1.807, 2.05) is 31.8 Å². The first-order chi connectivity index (χ1) is 12.9. The number of rotatable bonds is 8. The van der Waals surface area contributed by atoms with E-state index in [1.54, 1.807) is 19.2 Å². The van der Waals surface area contributed by atoms with Crippen molar-refractivity contribution in [2.75, 3.05) is 34.2 Å². The zero-order valence-electron chi connectivity index (χ0n) is 17.4. The summed E-state index contributed by atoms with van der Waals surface area (Å²) in [5.74, 6) is 0.526. The molecule has 1 heterocycles. The number of aliphatic imine (C=N–C) groups is 1. The molecule has 8 heteroatoms. The van der Waals surface area contributed by atoms with Crippen molar-refractivity contribution in [3.05, 3.63) is 53.1 Å². The van der Waals surface area contributed by atoms with Crippen LogP contribution in [0.15, 0.2) is 35.3 Å². The summed E-state index contributed by atoms with van der Waals surface area (Å²) in [4.78, 5) is 6.34. The van der Waals surface area contributed by atoms with Gasteiger partial charge in [0.05, 0.1) is 11.7 Å². The molecule has 2 N–H and O–H groups in total. The van der Waals surface area contributed by atoms with Gasteiger partial charge in [-0.1, -0.05) is 12.1 Å². The lowest BCUT2D eigenvalue weighted by Crippen LogP contribution is -2.42. The minimum absolute atomic E-state index is 0. The highest BCUT2D eigenvalue weighted by Gasteiger charge is 2.15. The van der Waals surface area contributed by atoms with Crippen LogP contribution in [-0.2, 0) is 6.54 Å². The summed E-state index contributed by atoms with van der Waals surface area (Å²) in [6.45, 7) is 6.38. The Morgan fingerprint density at radius 2 is 2.00 bits per heavy atom. The Balaban J connectivity index is 0.00000392. The first-order valence-corrected chi connectivity index (χ1v) is 9.28. The van der Waals surface area contributed by atoms with Gasteiger partial charge in [0.25, 0.3) is 0 Å². The van der Waals surface area contributed by atoms with E-state index >= 15 is 0 Å². The van der Waals surface area contributed by atoms with Gasteiger partial charge in [0.2, 0.25) is 0 Å². The molecule has 1 aromatic carbocycles. The average Bonchev–Trinajstić information content (AvgIpc) is 2.94. The van der Waals surface area contributed by atoms with Gasteiger partial charge in [-0.3, -0.25) is 9.67 Å². The number of nitrogens with one attached hydrogen (secondary N) is 2. The molecule has 6 nitrogen and oxygen atoms in total. The molecular formula is C20H32FIN6. The molecule has 0 aliphatic carbocycles. The molecule has 156 valence electrons. The quantitative estimate of drug-likeness (QED) is 0.252. The Kier molecular flexibility index (Phi) is 10.4. The maximum atomic E-state index is 13.5. The smallest absolute Gasteiger partial charge is 0.191 e. The Hall–Kier alpha value is -1.68. The van der Waals surface area contributed by atoms with Crippen molar-refractivity contribution in [3.8, 4) is 0 Å². The highest BCUT2D eigenvalue weighted by molar-refractivity contribution is 14.0. The van der Waals surface area contributed by atoms with Crippen molar-refractivity contribution >= 4 is 29.9 Å². The lowest BCUT2D eigenvalue weighted by molar-refractivity contribution is 0.297. The zero-order valence-corrected chi connectivity index (χ0v) is 19.7. The monoisotopic (exact) mass is 502 g/mol. The summed E-state index contributed by atoms with van der Waals surface area (Å²) >= 11 is 0. The molecule has 0 radical (unpaired) electrons. The summed E-state index contributed by atoms with van der Waals surface area (Å²) in [5.41, 5.74) is 3.16. The Morgan fingerprint density at radius 1 is 1.25 bits per heavy atom. The molecule has 2 rings (SSSR count). The first-order valence-electron chi connectivity index (χ1n) is 9.28. The number of hydrogen-bond acceptors (Lipinski definition) is 3. The second-order valence-corrected chi connectivity index (χ2v) is 6.92. The highest BCUT2D eigenvalue weighted by atomic mass is 127. The van der Waals surface area contributed by atoms with E-state index in [0.717, 1.165) is 36.7 Å². The molecule has 0 aliphatic heterocycles. The molecule has 28 heavy (non-hydrogen) atoms. The van der Waals surface area contributed by atoms with Gasteiger partial charge in [-0.05, 0) is 58.1 Å². The third kappa shape index (κ3) is 7.38. The fraction of sp³-hybridized carbons (Fsp3) is 0.500. The number of likely N-dealkylation sites (N-methyl/N-ethyl adjacent to an activating group) is 1. The van der Waals surface area contributed by atoms with Crippen LogP contribution < -0.4 is 10.6 Å². The maximum Gasteiger partial charge on any atom is 0.191 e. The Morgan fingerprint density at radius 3 is 2.57 bits per heavy atom. The van der Waals surface area contributed by atoms with Crippen molar-refractivity contribution in [2.24, 2.45) is 4.99 Å². The predicted octanol–water partition coefficient (Wildman–Crippen LogP) is 3.12. The number of aromatic nitrogens is 2. The standard InChI is InChI=1S/C20H31FN6.HI/c1-15-12-16(2)27(25-15)11-7-10-23-20(22-3)24-14-19(26(4)5)17-8-6-9-18(21)13-17;/h6,8-9,12-13,19H,7,10-11,14H2,1-5H3,(H2,22,23,24);1H. The molecule has 0 aliphatic rings. The lowest BCUT2D eigenvalue weighted by Gasteiger charge is -2.26. The molecule has 0 amide bonds. The van der Waals surface area contributed by atoms with Crippen LogP contribution in [0.5, 0.6) is 0 Å². The van der Waals surface area contributed by atoms with E-state index in [-0.39, 0.29) is 35.8 Å². The number of halogens is 2. The normalized spacial score (nSPS) is 12.6. The van der Waals surface area contributed by atoms with E-state index < -0.39 is 0 Å². The fourth-order valence-electron chi connectivity index (χ4n) is 3.06. The van der Waals surface area contributed by atoms with Crippen LogP contribution in [0.3, 0.4) is 0 Å². The van der Waals surface area contributed by atoms with Gasteiger partial charge in [-0.2, -0.15) is 5.10 Å². The number of aryl methyl sites for hydroxylation is 3. The summed E-state index contributed by atoms with van der Waals surface area (Å²) in [6, 6.07) is 8.87. The molecule has 1 atom stereocenters. The second-order valence-electron chi connectivity index (χ2n) is 6.92. The minimum Gasteiger partial charge on any atom is -0.356 e. The van der Waals surface area contributed by atoms with Gasteiger partial charge < -0.3 is 15.5 Å². The highest BCUT2D eigenvalue weighted by Crippen LogP contribution is 2.18. The molecule has 0 spiro atoms. The van der Waals surface area contributed by atoms with Gasteiger partial charge in [0.15, 0.2) is 5.96 Å². The third-order valence-corrected chi connectivity index (χ3v) is 4.49. The van der Waals surface area contributed by atoms with Gasteiger partial charge in [0.1, 0.15) is 5.82 Å². The summed E-state index contributed by atoms with van der Waals surface area (Å²) in [6.07, 6.45) is 0.948. The van der Waals surface area contributed by atoms with Crippen LogP contribution in [0.1, 0.15) is 29.4 Å². The summed E-state index contributed by atoms with van der Waals surface area (Å²) in [5, 5.41) is 11.1. The van der Waals surface area contributed by atoms with Crippen LogP contribution in [-0.4, -0.2) is 54.9 Å². The topological polar surface area (TPSA) is 57.5 Å². The van der Waals surface area contributed by atoms with E-state index in [2.05, 4.69) is 38.6 Å². The molecule has 1 unspecified atom stereocenters. The fourth-order valence-corrected chi connectivity index (χ4v) is 3.06. The van der Waals surface area contributed by atoms with Gasteiger partial charge in [-0.25, -0.2) is 4.39 Å². The van der Waals surface area contributed by atoms with Gasteiger partial charge in [-0.15, -0.1) is 24.0 Å². The average molecular weight is 502 g/mol. The van der Waals surface area contributed by atoms with E-state index in [0.29, 0.717) is 6.54 Å². The van der Waals surface area contributed by atoms with Crippen LogP contribution in [0.2, 0.25) is 0 Å². The second kappa shape index (κ2) is 12.0. The van der Waals surface area contributed by atoms with Crippen molar-refractivity contribution in [1.82, 2.24) is 25.3 Å². The van der Waals surface area contributed by atoms with Gasteiger partial charge >= 0.3 is 0 Å². The first kappa shape index (κ1) is 24.4. The largest absolute Gasteiger partial charge is 0.356 e. The number of nitrogens with zero attached hydrogens (tertiary/aromatic N) is 4. The van der Waals surface area contributed by atoms with Crippen LogP contribution in [0, 0.1) is 19.7 Å². The number of benzene rings is 1. The molecule has 2 aromatic rings. The molecule has 0 saturated carbocycles. The Bertz CT molecular complexity index is 759. The number of hydrogen-bond donors (Lipinski definition) is 2. The Labute approximate surface area is 184 Å². The lowest BCUT2D eigenvalue weighted by atomic mass is 10.1. The molecule has 1 aromatic heterocycles. The number of guanidine groups is 1. The van der Waals surface area contributed by atoms with Crippen LogP contribution in [0.4, 0.5) is 4.39 Å². The van der Waals surface area contributed by atoms with Crippen molar-refractivity contribution < 1.29 is 4.39 Å².